The molecule has 1 N–H and O–H groups in total. The Morgan fingerprint density at radius 1 is 1.42 bits per heavy atom. The van der Waals surface area contributed by atoms with E-state index in [1.165, 1.54) is 43.8 Å². The van der Waals surface area contributed by atoms with Crippen molar-refractivity contribution in [3.63, 3.8) is 0 Å². The number of piperidine rings is 1. The van der Waals surface area contributed by atoms with Gasteiger partial charge in [0.15, 0.2) is 0 Å². The van der Waals surface area contributed by atoms with Crippen molar-refractivity contribution in [2.75, 3.05) is 26.2 Å². The molecule has 0 bridgehead atoms. The molecule has 0 radical (unpaired) electrons. The standard InChI is InChI=1S/C15H25ClN2S/c1-12-6-10-18(11-7-12)9-3-8-17-13(2)14-4-5-15(16)19-14/h4-5,12-13,17H,3,6-11H2,1-2H3. The Labute approximate surface area is 126 Å². The Hall–Kier alpha value is -0.0900. The lowest BCUT2D eigenvalue weighted by Gasteiger charge is -2.30. The Balaban J connectivity index is 1.59. The van der Waals surface area contributed by atoms with Crippen molar-refractivity contribution >= 4 is 22.9 Å². The Bertz CT molecular complexity index is 372. The van der Waals surface area contributed by atoms with Crippen LogP contribution in [0.15, 0.2) is 12.1 Å². The fourth-order valence-electron chi connectivity index (χ4n) is 2.57. The zero-order chi connectivity index (χ0) is 13.7. The minimum atomic E-state index is 0.416. The molecule has 1 unspecified atom stereocenters. The second-order valence-corrected chi connectivity index (χ2v) is 7.44. The summed E-state index contributed by atoms with van der Waals surface area (Å²) in [5.41, 5.74) is 0. The van der Waals surface area contributed by atoms with Gasteiger partial charge in [0, 0.05) is 10.9 Å². The van der Waals surface area contributed by atoms with Gasteiger partial charge >= 0.3 is 0 Å². The van der Waals surface area contributed by atoms with E-state index in [0.29, 0.717) is 6.04 Å². The highest BCUT2D eigenvalue weighted by Gasteiger charge is 2.15. The quantitative estimate of drug-likeness (QED) is 0.793. The monoisotopic (exact) mass is 300 g/mol. The zero-order valence-electron chi connectivity index (χ0n) is 12.0. The smallest absolute Gasteiger partial charge is 0.0931 e. The third kappa shape index (κ3) is 5.07. The van der Waals surface area contributed by atoms with Gasteiger partial charge in [-0.2, -0.15) is 0 Å². The molecule has 19 heavy (non-hydrogen) atoms. The molecule has 2 rings (SSSR count). The van der Waals surface area contributed by atoms with Crippen LogP contribution in [0.25, 0.3) is 0 Å². The zero-order valence-corrected chi connectivity index (χ0v) is 13.6. The maximum atomic E-state index is 5.96. The van der Waals surface area contributed by atoms with Crippen molar-refractivity contribution in [2.24, 2.45) is 5.92 Å². The molecule has 108 valence electrons. The first-order chi connectivity index (χ1) is 9.15. The van der Waals surface area contributed by atoms with Crippen molar-refractivity contribution in [1.29, 1.82) is 0 Å². The Morgan fingerprint density at radius 2 is 2.16 bits per heavy atom. The number of halogens is 1. The molecule has 1 aliphatic rings. The van der Waals surface area contributed by atoms with Crippen LogP contribution in [0.5, 0.6) is 0 Å². The van der Waals surface area contributed by atoms with Gasteiger partial charge in [-0.1, -0.05) is 18.5 Å². The number of thiophene rings is 1. The van der Waals surface area contributed by atoms with Crippen molar-refractivity contribution in [3.05, 3.63) is 21.3 Å². The maximum Gasteiger partial charge on any atom is 0.0931 e. The molecule has 1 atom stereocenters. The number of hydrogen-bond donors (Lipinski definition) is 1. The SMILES string of the molecule is CC1CCN(CCCNC(C)c2ccc(Cl)s2)CC1. The molecular weight excluding hydrogens is 276 g/mol. The number of nitrogens with zero attached hydrogens (tertiary/aromatic N) is 1. The molecule has 1 aromatic rings. The first kappa shape index (κ1) is 15.3. The highest BCUT2D eigenvalue weighted by atomic mass is 35.5. The molecule has 0 amide bonds. The number of hydrogen-bond acceptors (Lipinski definition) is 3. The second kappa shape index (κ2) is 7.63. The van der Waals surface area contributed by atoms with Crippen molar-refractivity contribution < 1.29 is 0 Å². The summed E-state index contributed by atoms with van der Waals surface area (Å²) in [5.74, 6) is 0.929. The summed E-state index contributed by atoms with van der Waals surface area (Å²) in [5, 5.41) is 3.59. The third-order valence-corrected chi connectivity index (χ3v) is 5.41. The van der Waals surface area contributed by atoms with Gasteiger partial charge in [-0.15, -0.1) is 11.3 Å². The summed E-state index contributed by atoms with van der Waals surface area (Å²) in [7, 11) is 0. The van der Waals surface area contributed by atoms with Crippen LogP contribution in [-0.4, -0.2) is 31.1 Å². The summed E-state index contributed by atoms with van der Waals surface area (Å²) in [6, 6.07) is 4.52. The normalized spacial score (nSPS) is 19.7. The second-order valence-electron chi connectivity index (χ2n) is 5.70. The summed E-state index contributed by atoms with van der Waals surface area (Å²) in [6.07, 6.45) is 3.98. The van der Waals surface area contributed by atoms with Gasteiger partial charge in [-0.05, 0) is 70.4 Å². The summed E-state index contributed by atoms with van der Waals surface area (Å²) < 4.78 is 0.881. The number of nitrogens with one attached hydrogen (secondary N) is 1. The Kier molecular flexibility index (Phi) is 6.14. The summed E-state index contributed by atoms with van der Waals surface area (Å²) in [4.78, 5) is 3.94. The minimum absolute atomic E-state index is 0.416. The summed E-state index contributed by atoms with van der Waals surface area (Å²) >= 11 is 7.64. The van der Waals surface area contributed by atoms with Crippen LogP contribution >= 0.6 is 22.9 Å². The fourth-order valence-corrected chi connectivity index (χ4v) is 3.66. The lowest BCUT2D eigenvalue weighted by Crippen LogP contribution is -2.35. The van der Waals surface area contributed by atoms with Crippen LogP contribution in [0.1, 0.15) is 44.0 Å². The number of rotatable bonds is 6. The van der Waals surface area contributed by atoms with E-state index in [9.17, 15) is 0 Å². The van der Waals surface area contributed by atoms with E-state index >= 15 is 0 Å². The van der Waals surface area contributed by atoms with E-state index in [4.69, 9.17) is 11.6 Å². The van der Waals surface area contributed by atoms with Gasteiger partial charge in [-0.25, -0.2) is 0 Å². The predicted octanol–water partition coefficient (Wildman–Crippen LogP) is 4.17. The highest BCUT2D eigenvalue weighted by Crippen LogP contribution is 2.26. The van der Waals surface area contributed by atoms with Crippen LogP contribution in [-0.2, 0) is 0 Å². The van der Waals surface area contributed by atoms with Gasteiger partial charge < -0.3 is 10.2 Å². The van der Waals surface area contributed by atoms with Gasteiger partial charge in [0.1, 0.15) is 0 Å². The summed E-state index contributed by atoms with van der Waals surface area (Å²) in [6.45, 7) is 9.48. The fraction of sp³-hybridized carbons (Fsp3) is 0.733. The van der Waals surface area contributed by atoms with Crippen LogP contribution in [0.3, 0.4) is 0 Å². The highest BCUT2D eigenvalue weighted by molar-refractivity contribution is 7.16. The molecule has 2 nitrogen and oxygen atoms in total. The van der Waals surface area contributed by atoms with Crippen molar-refractivity contribution in [2.45, 2.75) is 39.2 Å². The van der Waals surface area contributed by atoms with Gasteiger partial charge in [0.2, 0.25) is 0 Å². The Morgan fingerprint density at radius 3 is 2.79 bits per heavy atom. The molecule has 1 aromatic heterocycles. The van der Waals surface area contributed by atoms with Crippen molar-refractivity contribution in [3.8, 4) is 0 Å². The topological polar surface area (TPSA) is 15.3 Å². The van der Waals surface area contributed by atoms with Crippen molar-refractivity contribution in [1.82, 2.24) is 10.2 Å². The van der Waals surface area contributed by atoms with Crippen LogP contribution < -0.4 is 5.32 Å². The van der Waals surface area contributed by atoms with E-state index in [2.05, 4.69) is 30.1 Å². The molecule has 4 heteroatoms. The predicted molar refractivity (Wildman–Crippen MR) is 85.2 cm³/mol. The van der Waals surface area contributed by atoms with Crippen LogP contribution in [0.2, 0.25) is 4.34 Å². The maximum absolute atomic E-state index is 5.96. The average molecular weight is 301 g/mol. The molecule has 0 aliphatic carbocycles. The molecule has 0 spiro atoms. The average Bonchev–Trinajstić information content (AvgIpc) is 2.83. The van der Waals surface area contributed by atoms with E-state index in [1.807, 2.05) is 6.07 Å². The molecule has 1 fully saturated rings. The molecule has 1 aliphatic heterocycles. The van der Waals surface area contributed by atoms with Crippen LogP contribution in [0.4, 0.5) is 0 Å². The minimum Gasteiger partial charge on any atom is -0.309 e. The van der Waals surface area contributed by atoms with E-state index in [1.54, 1.807) is 11.3 Å². The van der Waals surface area contributed by atoms with E-state index < -0.39 is 0 Å². The van der Waals surface area contributed by atoms with Gasteiger partial charge in [-0.3, -0.25) is 0 Å². The van der Waals surface area contributed by atoms with Crippen LogP contribution in [0, 0.1) is 5.92 Å². The third-order valence-electron chi connectivity index (χ3n) is 4.00. The van der Waals surface area contributed by atoms with Gasteiger partial charge in [0.05, 0.1) is 4.34 Å². The van der Waals surface area contributed by atoms with E-state index in [-0.39, 0.29) is 0 Å². The van der Waals surface area contributed by atoms with E-state index in [0.717, 1.165) is 16.8 Å². The first-order valence-corrected chi connectivity index (χ1v) is 8.55. The lowest BCUT2D eigenvalue weighted by molar-refractivity contribution is 0.190. The largest absolute Gasteiger partial charge is 0.309 e. The molecular formula is C15H25ClN2S. The van der Waals surface area contributed by atoms with Gasteiger partial charge in [0.25, 0.3) is 0 Å². The first-order valence-electron chi connectivity index (χ1n) is 7.36. The lowest BCUT2D eigenvalue weighted by atomic mass is 9.99. The molecule has 1 saturated heterocycles. The molecule has 2 heterocycles. The molecule has 0 aromatic carbocycles. The number of likely N-dealkylation sites (tertiary alicyclic amines) is 1. The molecule has 0 saturated carbocycles.